The normalized spacial score (nSPS) is 23.1. The molecule has 0 saturated carbocycles. The maximum absolute atomic E-state index is 13.1. The highest BCUT2D eigenvalue weighted by Crippen LogP contribution is 2.23. The Morgan fingerprint density at radius 2 is 1.70 bits per heavy atom. The lowest BCUT2D eigenvalue weighted by atomic mass is 10.00. The number of hydrogen-bond acceptors (Lipinski definition) is 5. The molecule has 2 aliphatic heterocycles. The van der Waals surface area contributed by atoms with E-state index in [0.29, 0.717) is 39.1 Å². The van der Waals surface area contributed by atoms with Crippen LogP contribution in [0, 0.1) is 17.2 Å². The molecule has 2 heterocycles. The van der Waals surface area contributed by atoms with Gasteiger partial charge in [0, 0.05) is 32.7 Å². The zero-order valence-corrected chi connectivity index (χ0v) is 17.4. The number of carbonyl (C=O) groups is 2. The maximum atomic E-state index is 13.1. The fourth-order valence-corrected chi connectivity index (χ4v) is 3.81. The van der Waals surface area contributed by atoms with Crippen LogP contribution < -0.4 is 0 Å². The predicted molar refractivity (Wildman–Crippen MR) is 103 cm³/mol. The Kier molecular flexibility index (Phi) is 7.10. The van der Waals surface area contributed by atoms with E-state index in [9.17, 15) is 14.9 Å². The summed E-state index contributed by atoms with van der Waals surface area (Å²) >= 11 is 0. The average Bonchev–Trinajstić information content (AvgIpc) is 2.60. The molecular formula is C20H34N4O3. The molecule has 0 spiro atoms. The van der Waals surface area contributed by atoms with Crippen molar-refractivity contribution in [2.45, 2.75) is 71.6 Å². The molecule has 0 radical (unpaired) electrons. The molecule has 7 nitrogen and oxygen atoms in total. The molecule has 0 bridgehead atoms. The first-order valence-corrected chi connectivity index (χ1v) is 10.1. The van der Waals surface area contributed by atoms with Crippen molar-refractivity contribution in [2.24, 2.45) is 5.92 Å². The molecule has 7 heteroatoms. The highest BCUT2D eigenvalue weighted by molar-refractivity contribution is 5.86. The van der Waals surface area contributed by atoms with E-state index in [1.165, 1.54) is 0 Å². The Hall–Kier alpha value is -1.81. The van der Waals surface area contributed by atoms with E-state index in [1.54, 1.807) is 4.90 Å². The smallest absolute Gasteiger partial charge is 0.410 e. The van der Waals surface area contributed by atoms with Gasteiger partial charge in [-0.1, -0.05) is 13.8 Å². The third-order valence-corrected chi connectivity index (χ3v) is 5.20. The van der Waals surface area contributed by atoms with Crippen LogP contribution in [0.1, 0.15) is 53.9 Å². The maximum Gasteiger partial charge on any atom is 0.410 e. The first-order valence-electron chi connectivity index (χ1n) is 10.1. The second kappa shape index (κ2) is 8.92. The molecule has 152 valence electrons. The molecule has 2 aliphatic rings. The van der Waals surface area contributed by atoms with Gasteiger partial charge in [-0.05, 0) is 46.0 Å². The summed E-state index contributed by atoms with van der Waals surface area (Å²) in [6, 6.07) is 1.83. The Bertz CT molecular complexity index is 571. The summed E-state index contributed by atoms with van der Waals surface area (Å²) in [7, 11) is 0. The molecule has 2 atom stereocenters. The summed E-state index contributed by atoms with van der Waals surface area (Å²) in [5.41, 5.74) is -0.573. The molecule has 2 saturated heterocycles. The number of nitrogens with zero attached hydrogens (tertiary/aromatic N) is 4. The van der Waals surface area contributed by atoms with Crippen molar-refractivity contribution in [3.63, 3.8) is 0 Å². The summed E-state index contributed by atoms with van der Waals surface area (Å²) in [6.07, 6.45) is 2.13. The lowest BCUT2D eigenvalue weighted by Gasteiger charge is -2.42. The molecule has 0 aromatic rings. The summed E-state index contributed by atoms with van der Waals surface area (Å²) in [5, 5.41) is 9.39. The Balaban J connectivity index is 1.99. The summed E-state index contributed by atoms with van der Waals surface area (Å²) < 4.78 is 5.51. The zero-order valence-electron chi connectivity index (χ0n) is 17.4. The second-order valence-corrected chi connectivity index (χ2v) is 8.86. The van der Waals surface area contributed by atoms with E-state index >= 15 is 0 Å². The number of ether oxygens (including phenoxy) is 1. The quantitative estimate of drug-likeness (QED) is 0.754. The molecule has 0 N–H and O–H groups in total. The van der Waals surface area contributed by atoms with Gasteiger partial charge in [0.15, 0.2) is 0 Å². The van der Waals surface area contributed by atoms with E-state index in [-0.39, 0.29) is 17.9 Å². The summed E-state index contributed by atoms with van der Waals surface area (Å²) in [4.78, 5) is 31.3. The molecule has 0 aromatic heterocycles. The molecule has 2 fully saturated rings. The van der Waals surface area contributed by atoms with Gasteiger partial charge in [-0.2, -0.15) is 5.26 Å². The van der Waals surface area contributed by atoms with Crippen molar-refractivity contribution in [3.05, 3.63) is 0 Å². The van der Waals surface area contributed by atoms with Gasteiger partial charge in [0.25, 0.3) is 0 Å². The van der Waals surface area contributed by atoms with Crippen molar-refractivity contribution in [2.75, 3.05) is 32.7 Å². The van der Waals surface area contributed by atoms with Crippen molar-refractivity contribution < 1.29 is 14.3 Å². The molecule has 2 unspecified atom stereocenters. The van der Waals surface area contributed by atoms with Crippen LogP contribution in [0.4, 0.5) is 4.79 Å². The van der Waals surface area contributed by atoms with Gasteiger partial charge >= 0.3 is 6.09 Å². The van der Waals surface area contributed by atoms with Gasteiger partial charge in [0.1, 0.15) is 17.7 Å². The number of likely N-dealkylation sites (tertiary alicyclic amines) is 1. The highest BCUT2D eigenvalue weighted by atomic mass is 16.6. The number of piperidine rings is 1. The van der Waals surface area contributed by atoms with Crippen molar-refractivity contribution in [3.8, 4) is 6.07 Å². The monoisotopic (exact) mass is 378 g/mol. The minimum Gasteiger partial charge on any atom is -0.444 e. The molecule has 2 rings (SSSR count). The van der Waals surface area contributed by atoms with Crippen LogP contribution in [0.3, 0.4) is 0 Å². The van der Waals surface area contributed by atoms with Crippen LogP contribution >= 0.6 is 0 Å². The summed E-state index contributed by atoms with van der Waals surface area (Å²) in [6.45, 7) is 12.8. The molecule has 0 aromatic carbocycles. The summed E-state index contributed by atoms with van der Waals surface area (Å²) in [5.74, 6) is 0.275. The van der Waals surface area contributed by atoms with Crippen LogP contribution in [0.5, 0.6) is 0 Å². The van der Waals surface area contributed by atoms with Crippen LogP contribution in [-0.2, 0) is 9.53 Å². The van der Waals surface area contributed by atoms with E-state index in [4.69, 9.17) is 4.74 Å². The van der Waals surface area contributed by atoms with Gasteiger partial charge in [0.05, 0.1) is 6.07 Å². The van der Waals surface area contributed by atoms with Crippen molar-refractivity contribution >= 4 is 12.0 Å². The fourth-order valence-electron chi connectivity index (χ4n) is 3.81. The topological polar surface area (TPSA) is 76.9 Å². The number of carbonyl (C=O) groups excluding carboxylic acids is 2. The molecular weight excluding hydrogens is 344 g/mol. The van der Waals surface area contributed by atoms with E-state index in [2.05, 4.69) is 11.0 Å². The lowest BCUT2D eigenvalue weighted by molar-refractivity contribution is -0.140. The van der Waals surface area contributed by atoms with Crippen molar-refractivity contribution in [1.29, 1.82) is 5.26 Å². The number of amides is 2. The minimum atomic E-state index is -0.573. The van der Waals surface area contributed by atoms with E-state index in [0.717, 1.165) is 12.8 Å². The Morgan fingerprint density at radius 1 is 1.07 bits per heavy atom. The van der Waals surface area contributed by atoms with Crippen LogP contribution in [-0.4, -0.2) is 77.1 Å². The van der Waals surface area contributed by atoms with Gasteiger partial charge in [-0.3, -0.25) is 14.6 Å². The number of hydrogen-bond donors (Lipinski definition) is 0. The van der Waals surface area contributed by atoms with Crippen LogP contribution in [0.2, 0.25) is 0 Å². The second-order valence-electron chi connectivity index (χ2n) is 8.86. The van der Waals surface area contributed by atoms with Crippen LogP contribution in [0.15, 0.2) is 0 Å². The fraction of sp³-hybridized carbons (Fsp3) is 0.850. The third-order valence-electron chi connectivity index (χ3n) is 5.20. The third kappa shape index (κ3) is 5.58. The van der Waals surface area contributed by atoms with Gasteiger partial charge in [-0.25, -0.2) is 4.79 Å². The number of piperazine rings is 1. The SMILES string of the molecule is CC(C)C(C#N)N1CCN(C(=O)C2CCCCN2C(=O)OC(C)(C)C)CC1. The predicted octanol–water partition coefficient (Wildman–Crippen LogP) is 2.47. The minimum absolute atomic E-state index is 0.0123. The first-order chi connectivity index (χ1) is 12.6. The van der Waals surface area contributed by atoms with E-state index in [1.807, 2.05) is 39.5 Å². The standard InChI is InChI=1S/C20H34N4O3/c1-15(2)17(14-21)22-10-12-23(13-11-22)18(25)16-8-6-7-9-24(16)19(26)27-20(3,4)5/h15-17H,6-13H2,1-5H3. The molecule has 27 heavy (non-hydrogen) atoms. The highest BCUT2D eigenvalue weighted by Gasteiger charge is 2.38. The lowest BCUT2D eigenvalue weighted by Crippen LogP contribution is -2.58. The largest absolute Gasteiger partial charge is 0.444 e. The van der Waals surface area contributed by atoms with E-state index < -0.39 is 17.7 Å². The number of nitriles is 1. The first kappa shape index (κ1) is 21.5. The van der Waals surface area contributed by atoms with Gasteiger partial charge in [0.2, 0.25) is 5.91 Å². The van der Waals surface area contributed by atoms with Gasteiger partial charge < -0.3 is 9.64 Å². The Morgan fingerprint density at radius 3 is 2.22 bits per heavy atom. The molecule has 2 amide bonds. The van der Waals surface area contributed by atoms with Crippen molar-refractivity contribution in [1.82, 2.24) is 14.7 Å². The Labute approximate surface area is 163 Å². The molecule has 0 aliphatic carbocycles. The van der Waals surface area contributed by atoms with Gasteiger partial charge in [-0.15, -0.1) is 0 Å². The zero-order chi connectivity index (χ0) is 20.2. The van der Waals surface area contributed by atoms with Crippen LogP contribution in [0.25, 0.3) is 0 Å². The average molecular weight is 379 g/mol. The number of rotatable bonds is 3.